The number of aromatic nitrogens is 2. The van der Waals surface area contributed by atoms with E-state index in [4.69, 9.17) is 0 Å². The van der Waals surface area contributed by atoms with E-state index >= 15 is 0 Å². The van der Waals surface area contributed by atoms with Crippen LogP contribution < -0.4 is 10.9 Å². The van der Waals surface area contributed by atoms with Gasteiger partial charge in [0.1, 0.15) is 4.70 Å². The second kappa shape index (κ2) is 8.33. The normalized spacial score (nSPS) is 11.0. The Labute approximate surface area is 138 Å². The van der Waals surface area contributed by atoms with E-state index in [1.165, 1.54) is 23.1 Å². The summed E-state index contributed by atoms with van der Waals surface area (Å²) in [6.45, 7) is 5.44. The number of fused-ring (bicyclic) bond motifs is 1. The molecule has 7 heteroatoms. The average Bonchev–Trinajstić information content (AvgIpc) is 2.97. The van der Waals surface area contributed by atoms with Crippen molar-refractivity contribution in [2.75, 3.05) is 12.3 Å². The fourth-order valence-corrected chi connectivity index (χ4v) is 3.67. The first kappa shape index (κ1) is 17.0. The highest BCUT2D eigenvalue weighted by atomic mass is 32.2. The van der Waals surface area contributed by atoms with Crippen LogP contribution in [0, 0.1) is 0 Å². The number of nitrogens with one attached hydrogen (secondary N) is 1. The Morgan fingerprint density at radius 2 is 2.23 bits per heavy atom. The van der Waals surface area contributed by atoms with Crippen molar-refractivity contribution in [3.05, 3.63) is 21.8 Å². The number of hydrogen-bond acceptors (Lipinski definition) is 5. The first-order chi connectivity index (χ1) is 10.7. The number of carbonyl (C=O) groups is 1. The Balaban J connectivity index is 2.13. The van der Waals surface area contributed by atoms with E-state index in [1.54, 1.807) is 4.57 Å². The molecule has 0 unspecified atom stereocenters. The van der Waals surface area contributed by atoms with Gasteiger partial charge in [0.25, 0.3) is 5.56 Å². The summed E-state index contributed by atoms with van der Waals surface area (Å²) in [5.74, 6) is 0.274. The van der Waals surface area contributed by atoms with Crippen LogP contribution in [0.2, 0.25) is 0 Å². The summed E-state index contributed by atoms with van der Waals surface area (Å²) < 4.78 is 2.37. The molecule has 0 bridgehead atoms. The molecule has 0 aliphatic carbocycles. The van der Waals surface area contributed by atoms with E-state index in [2.05, 4.69) is 17.2 Å². The Bertz CT molecular complexity index is 694. The predicted molar refractivity (Wildman–Crippen MR) is 92.8 cm³/mol. The molecule has 2 heterocycles. The number of rotatable bonds is 8. The van der Waals surface area contributed by atoms with E-state index < -0.39 is 0 Å². The second-order valence-corrected chi connectivity index (χ2v) is 6.84. The zero-order valence-corrected chi connectivity index (χ0v) is 14.6. The number of unbranched alkanes of at least 4 members (excludes halogenated alkanes) is 1. The molecule has 0 saturated carbocycles. The monoisotopic (exact) mass is 339 g/mol. The van der Waals surface area contributed by atoms with Gasteiger partial charge in [0, 0.05) is 13.1 Å². The van der Waals surface area contributed by atoms with Gasteiger partial charge in [-0.3, -0.25) is 14.2 Å². The van der Waals surface area contributed by atoms with Gasteiger partial charge in [0.15, 0.2) is 5.16 Å². The summed E-state index contributed by atoms with van der Waals surface area (Å²) in [7, 11) is 0. The zero-order chi connectivity index (χ0) is 15.9. The topological polar surface area (TPSA) is 64.0 Å². The van der Waals surface area contributed by atoms with Crippen LogP contribution in [0.3, 0.4) is 0 Å². The highest BCUT2D eigenvalue weighted by Crippen LogP contribution is 2.20. The number of nitrogens with zero attached hydrogens (tertiary/aromatic N) is 2. The Kier molecular flexibility index (Phi) is 6.45. The fourth-order valence-electron chi connectivity index (χ4n) is 2.04. The summed E-state index contributed by atoms with van der Waals surface area (Å²) in [4.78, 5) is 28.8. The molecule has 120 valence electrons. The van der Waals surface area contributed by atoms with Crippen LogP contribution in [0.5, 0.6) is 0 Å². The molecule has 1 amide bonds. The third-order valence-corrected chi connectivity index (χ3v) is 5.03. The summed E-state index contributed by atoms with van der Waals surface area (Å²) in [6.07, 6.45) is 2.89. The van der Waals surface area contributed by atoms with Crippen molar-refractivity contribution in [1.82, 2.24) is 14.9 Å². The van der Waals surface area contributed by atoms with Crippen LogP contribution >= 0.6 is 23.1 Å². The van der Waals surface area contributed by atoms with E-state index in [0.29, 0.717) is 22.9 Å². The molecular formula is C15H21N3O2S2. The molecule has 0 spiro atoms. The zero-order valence-electron chi connectivity index (χ0n) is 12.9. The smallest absolute Gasteiger partial charge is 0.272 e. The third kappa shape index (κ3) is 4.10. The molecule has 0 fully saturated rings. The lowest BCUT2D eigenvalue weighted by molar-refractivity contribution is -0.118. The van der Waals surface area contributed by atoms with Gasteiger partial charge < -0.3 is 5.32 Å². The SMILES string of the molecule is CCCCNC(=O)CSc1nc2ccsc2c(=O)n1CCC. The molecule has 0 aliphatic rings. The second-order valence-electron chi connectivity index (χ2n) is 4.98. The molecule has 0 atom stereocenters. The first-order valence-electron chi connectivity index (χ1n) is 7.54. The van der Waals surface area contributed by atoms with Gasteiger partial charge in [-0.15, -0.1) is 11.3 Å². The van der Waals surface area contributed by atoms with Gasteiger partial charge in [-0.25, -0.2) is 4.98 Å². The van der Waals surface area contributed by atoms with Crippen molar-refractivity contribution in [2.24, 2.45) is 0 Å². The molecule has 2 aromatic rings. The predicted octanol–water partition coefficient (Wildman–Crippen LogP) is 2.88. The molecular weight excluding hydrogens is 318 g/mol. The molecule has 5 nitrogen and oxygen atoms in total. The van der Waals surface area contributed by atoms with E-state index in [9.17, 15) is 9.59 Å². The van der Waals surface area contributed by atoms with Crippen LogP contribution in [0.25, 0.3) is 10.2 Å². The summed E-state index contributed by atoms with van der Waals surface area (Å²) in [6, 6.07) is 1.85. The quantitative estimate of drug-likeness (QED) is 0.456. The lowest BCUT2D eigenvalue weighted by atomic mass is 10.3. The molecule has 2 rings (SSSR count). The van der Waals surface area contributed by atoms with Crippen LogP contribution in [0.1, 0.15) is 33.1 Å². The Morgan fingerprint density at radius 3 is 2.95 bits per heavy atom. The highest BCUT2D eigenvalue weighted by Gasteiger charge is 2.13. The summed E-state index contributed by atoms with van der Waals surface area (Å²) in [5.41, 5.74) is 0.715. The maximum absolute atomic E-state index is 12.5. The van der Waals surface area contributed by atoms with Gasteiger partial charge in [0.05, 0.1) is 11.3 Å². The standard InChI is InChI=1S/C15H21N3O2S2/c1-3-5-7-16-12(19)10-22-15-17-11-6-9-21-13(11)14(20)18(15)8-4-2/h6,9H,3-5,7-8,10H2,1-2H3,(H,16,19). The third-order valence-electron chi connectivity index (χ3n) is 3.16. The Morgan fingerprint density at radius 1 is 1.41 bits per heavy atom. The van der Waals surface area contributed by atoms with E-state index in [1.807, 2.05) is 18.4 Å². The Hall–Kier alpha value is -1.34. The van der Waals surface area contributed by atoms with Crippen molar-refractivity contribution in [1.29, 1.82) is 0 Å². The lowest BCUT2D eigenvalue weighted by Crippen LogP contribution is -2.27. The molecule has 0 saturated heterocycles. The van der Waals surface area contributed by atoms with Crippen molar-refractivity contribution in [3.63, 3.8) is 0 Å². The van der Waals surface area contributed by atoms with Gasteiger partial charge in [-0.05, 0) is 24.3 Å². The van der Waals surface area contributed by atoms with Gasteiger partial charge in [-0.2, -0.15) is 0 Å². The maximum Gasteiger partial charge on any atom is 0.272 e. The number of thioether (sulfide) groups is 1. The minimum absolute atomic E-state index is 0.00394. The number of thiophene rings is 1. The minimum atomic E-state index is -0.0128. The number of hydrogen-bond donors (Lipinski definition) is 1. The van der Waals surface area contributed by atoms with Gasteiger partial charge in [0.2, 0.25) is 5.91 Å². The van der Waals surface area contributed by atoms with Crippen LogP contribution in [-0.2, 0) is 11.3 Å². The van der Waals surface area contributed by atoms with E-state index in [-0.39, 0.29) is 17.2 Å². The highest BCUT2D eigenvalue weighted by molar-refractivity contribution is 7.99. The average molecular weight is 339 g/mol. The van der Waals surface area contributed by atoms with Crippen molar-refractivity contribution in [2.45, 2.75) is 44.8 Å². The van der Waals surface area contributed by atoms with Crippen LogP contribution in [0.15, 0.2) is 21.4 Å². The van der Waals surface area contributed by atoms with Crippen molar-refractivity contribution in [3.8, 4) is 0 Å². The summed E-state index contributed by atoms with van der Waals surface area (Å²) in [5, 5.41) is 5.38. The number of carbonyl (C=O) groups excluding carboxylic acids is 1. The summed E-state index contributed by atoms with van der Waals surface area (Å²) >= 11 is 2.75. The molecule has 1 N–H and O–H groups in total. The van der Waals surface area contributed by atoms with Crippen molar-refractivity contribution < 1.29 is 4.79 Å². The fraction of sp³-hybridized carbons (Fsp3) is 0.533. The molecule has 0 radical (unpaired) electrons. The van der Waals surface area contributed by atoms with Gasteiger partial charge in [-0.1, -0.05) is 32.0 Å². The van der Waals surface area contributed by atoms with Crippen LogP contribution in [0.4, 0.5) is 0 Å². The first-order valence-corrected chi connectivity index (χ1v) is 9.41. The molecule has 0 aromatic carbocycles. The molecule has 22 heavy (non-hydrogen) atoms. The largest absolute Gasteiger partial charge is 0.355 e. The van der Waals surface area contributed by atoms with Crippen LogP contribution in [-0.4, -0.2) is 27.8 Å². The molecule has 2 aromatic heterocycles. The number of amides is 1. The van der Waals surface area contributed by atoms with Crippen molar-refractivity contribution >= 4 is 39.2 Å². The van der Waals surface area contributed by atoms with Gasteiger partial charge >= 0.3 is 0 Å². The molecule has 0 aliphatic heterocycles. The van der Waals surface area contributed by atoms with E-state index in [0.717, 1.165) is 24.8 Å². The minimum Gasteiger partial charge on any atom is -0.355 e. The maximum atomic E-state index is 12.5. The lowest BCUT2D eigenvalue weighted by Gasteiger charge is -2.11.